The maximum atomic E-state index is 12.1. The summed E-state index contributed by atoms with van der Waals surface area (Å²) in [7, 11) is 0. The van der Waals surface area contributed by atoms with E-state index in [4.69, 9.17) is 5.11 Å². The first-order valence-corrected chi connectivity index (χ1v) is 6.48. The van der Waals surface area contributed by atoms with Crippen molar-refractivity contribution in [3.05, 3.63) is 30.7 Å². The van der Waals surface area contributed by atoms with Gasteiger partial charge in [0.05, 0.1) is 0 Å². The molecule has 0 saturated carbocycles. The van der Waals surface area contributed by atoms with E-state index in [0.717, 1.165) is 0 Å². The third-order valence-electron chi connectivity index (χ3n) is 3.32. The Morgan fingerprint density at radius 2 is 2.24 bits per heavy atom. The number of rotatable bonds is 4. The highest BCUT2D eigenvalue weighted by molar-refractivity contribution is 5.85. The molecule has 8 heteroatoms. The monoisotopic (exact) mass is 287 g/mol. The van der Waals surface area contributed by atoms with Crippen LogP contribution in [0.4, 0.5) is 0 Å². The van der Waals surface area contributed by atoms with Crippen LogP contribution in [-0.2, 0) is 9.59 Å². The third-order valence-corrected chi connectivity index (χ3v) is 3.32. The van der Waals surface area contributed by atoms with Crippen LogP contribution < -0.4 is 0 Å². The number of aliphatic carboxylic acids is 1. The average molecular weight is 287 g/mol. The summed E-state index contributed by atoms with van der Waals surface area (Å²) in [4.78, 5) is 32.5. The number of carboxylic acids is 1. The summed E-state index contributed by atoms with van der Waals surface area (Å²) in [5, 5.41) is 13.0. The van der Waals surface area contributed by atoms with Gasteiger partial charge in [-0.15, -0.1) is 5.10 Å². The lowest BCUT2D eigenvalue weighted by atomic mass is 10.2. The zero-order valence-corrected chi connectivity index (χ0v) is 11.1. The van der Waals surface area contributed by atoms with Gasteiger partial charge in [-0.2, -0.15) is 0 Å². The molecule has 21 heavy (non-hydrogen) atoms. The smallest absolute Gasteiger partial charge is 0.323 e. The van der Waals surface area contributed by atoms with Gasteiger partial charge in [0.25, 0.3) is 0 Å². The molecular weight excluding hydrogens is 274 g/mol. The van der Waals surface area contributed by atoms with Crippen molar-refractivity contribution in [1.29, 1.82) is 0 Å². The number of amides is 1. The molecule has 0 bridgehead atoms. The SMILES string of the molecule is O=C(O)CN1CCC(n2cnc(-c3ccccn3)n2)C1=O. The van der Waals surface area contributed by atoms with Crippen LogP contribution in [0.15, 0.2) is 30.7 Å². The lowest BCUT2D eigenvalue weighted by molar-refractivity contribution is -0.143. The van der Waals surface area contributed by atoms with Crippen molar-refractivity contribution in [1.82, 2.24) is 24.6 Å². The molecule has 1 atom stereocenters. The molecule has 0 spiro atoms. The highest BCUT2D eigenvalue weighted by Crippen LogP contribution is 2.23. The van der Waals surface area contributed by atoms with Crippen LogP contribution in [0.3, 0.4) is 0 Å². The minimum absolute atomic E-state index is 0.241. The van der Waals surface area contributed by atoms with Gasteiger partial charge in [-0.25, -0.2) is 9.67 Å². The Kier molecular flexibility index (Phi) is 3.35. The first-order valence-electron chi connectivity index (χ1n) is 6.48. The molecule has 3 heterocycles. The van der Waals surface area contributed by atoms with Crippen LogP contribution in [-0.4, -0.2) is 54.7 Å². The Labute approximate surface area is 120 Å². The number of hydrogen-bond donors (Lipinski definition) is 1. The number of carbonyl (C=O) groups is 2. The highest BCUT2D eigenvalue weighted by atomic mass is 16.4. The summed E-state index contributed by atoms with van der Waals surface area (Å²) in [6, 6.07) is 4.92. The van der Waals surface area contributed by atoms with E-state index in [0.29, 0.717) is 24.5 Å². The molecule has 1 aliphatic heterocycles. The Bertz CT molecular complexity index is 669. The predicted molar refractivity (Wildman–Crippen MR) is 71.1 cm³/mol. The first kappa shape index (κ1) is 13.2. The first-order chi connectivity index (χ1) is 10.1. The maximum Gasteiger partial charge on any atom is 0.323 e. The molecule has 8 nitrogen and oxygen atoms in total. The summed E-state index contributed by atoms with van der Waals surface area (Å²) in [5.41, 5.74) is 0.629. The molecule has 0 aliphatic carbocycles. The van der Waals surface area contributed by atoms with Crippen LogP contribution in [0.2, 0.25) is 0 Å². The van der Waals surface area contributed by atoms with Gasteiger partial charge < -0.3 is 10.0 Å². The zero-order chi connectivity index (χ0) is 14.8. The van der Waals surface area contributed by atoms with E-state index in [1.807, 2.05) is 6.07 Å². The predicted octanol–water partition coefficient (Wildman–Crippen LogP) is 0.198. The Balaban J connectivity index is 1.78. The molecule has 3 rings (SSSR count). The Morgan fingerprint density at radius 1 is 1.38 bits per heavy atom. The normalized spacial score (nSPS) is 18.2. The van der Waals surface area contributed by atoms with Crippen LogP contribution >= 0.6 is 0 Å². The standard InChI is InChI=1S/C13H13N5O3/c19-11(20)7-17-6-4-10(13(17)21)18-8-15-12(16-18)9-3-1-2-5-14-9/h1-3,5,8,10H,4,6-7H2,(H,19,20). The molecule has 0 radical (unpaired) electrons. The van der Waals surface area contributed by atoms with Gasteiger partial charge >= 0.3 is 5.97 Å². The van der Waals surface area contributed by atoms with Crippen LogP contribution in [0.25, 0.3) is 11.5 Å². The lowest BCUT2D eigenvalue weighted by Gasteiger charge is -2.13. The van der Waals surface area contributed by atoms with Crippen LogP contribution in [0.1, 0.15) is 12.5 Å². The van der Waals surface area contributed by atoms with Gasteiger partial charge in [0, 0.05) is 12.7 Å². The molecule has 1 N–H and O–H groups in total. The lowest BCUT2D eigenvalue weighted by Crippen LogP contribution is -2.33. The second-order valence-electron chi connectivity index (χ2n) is 4.72. The van der Waals surface area contributed by atoms with Crippen molar-refractivity contribution in [3.63, 3.8) is 0 Å². The van der Waals surface area contributed by atoms with Crippen molar-refractivity contribution >= 4 is 11.9 Å². The second-order valence-corrected chi connectivity index (χ2v) is 4.72. The molecule has 108 valence electrons. The van der Waals surface area contributed by atoms with E-state index in [9.17, 15) is 9.59 Å². The summed E-state index contributed by atoms with van der Waals surface area (Å²) in [5.74, 6) is -0.813. The van der Waals surface area contributed by atoms with Gasteiger partial charge in [-0.05, 0) is 18.6 Å². The maximum absolute atomic E-state index is 12.1. The molecule has 1 unspecified atom stereocenters. The van der Waals surface area contributed by atoms with E-state index in [-0.39, 0.29) is 12.5 Å². The van der Waals surface area contributed by atoms with Crippen molar-refractivity contribution in [2.75, 3.05) is 13.1 Å². The fourth-order valence-corrected chi connectivity index (χ4v) is 2.33. The second kappa shape index (κ2) is 5.31. The quantitative estimate of drug-likeness (QED) is 0.862. The fourth-order valence-electron chi connectivity index (χ4n) is 2.33. The van der Waals surface area contributed by atoms with Crippen molar-refractivity contribution in [2.45, 2.75) is 12.5 Å². The number of hydrogen-bond acceptors (Lipinski definition) is 5. The molecule has 1 aliphatic rings. The largest absolute Gasteiger partial charge is 0.480 e. The molecule has 1 fully saturated rings. The highest BCUT2D eigenvalue weighted by Gasteiger charge is 2.34. The van der Waals surface area contributed by atoms with Gasteiger partial charge in [0.2, 0.25) is 5.91 Å². The van der Waals surface area contributed by atoms with Crippen molar-refractivity contribution in [2.24, 2.45) is 0 Å². The Morgan fingerprint density at radius 3 is 2.95 bits per heavy atom. The van der Waals surface area contributed by atoms with E-state index in [2.05, 4.69) is 15.1 Å². The van der Waals surface area contributed by atoms with Crippen molar-refractivity contribution in [3.8, 4) is 11.5 Å². The van der Waals surface area contributed by atoms with E-state index < -0.39 is 12.0 Å². The summed E-state index contributed by atoms with van der Waals surface area (Å²) in [6.07, 6.45) is 3.65. The number of pyridine rings is 1. The molecular formula is C13H13N5O3. The van der Waals surface area contributed by atoms with Crippen LogP contribution in [0.5, 0.6) is 0 Å². The number of aromatic nitrogens is 4. The third kappa shape index (κ3) is 2.60. The molecule has 2 aromatic heterocycles. The average Bonchev–Trinajstić information content (AvgIpc) is 3.08. The number of nitrogens with zero attached hydrogens (tertiary/aromatic N) is 5. The fraction of sp³-hybridized carbons (Fsp3) is 0.308. The van der Waals surface area contributed by atoms with Gasteiger partial charge in [0.15, 0.2) is 5.82 Å². The molecule has 2 aromatic rings. The van der Waals surface area contributed by atoms with Crippen LogP contribution in [0, 0.1) is 0 Å². The van der Waals surface area contributed by atoms with Crippen molar-refractivity contribution < 1.29 is 14.7 Å². The van der Waals surface area contributed by atoms with E-state index >= 15 is 0 Å². The van der Waals surface area contributed by atoms with Gasteiger partial charge in [0.1, 0.15) is 24.6 Å². The van der Waals surface area contributed by atoms with Gasteiger partial charge in [-0.1, -0.05) is 6.07 Å². The van der Waals surface area contributed by atoms with E-state index in [1.165, 1.54) is 15.9 Å². The summed E-state index contributed by atoms with van der Waals surface area (Å²) in [6.45, 7) is 0.131. The number of likely N-dealkylation sites (tertiary alicyclic amines) is 1. The topological polar surface area (TPSA) is 101 Å². The minimum atomic E-state index is -1.02. The molecule has 0 aromatic carbocycles. The zero-order valence-electron chi connectivity index (χ0n) is 11.1. The van der Waals surface area contributed by atoms with Gasteiger partial charge in [-0.3, -0.25) is 14.6 Å². The van der Waals surface area contributed by atoms with E-state index in [1.54, 1.807) is 18.3 Å². The number of carbonyl (C=O) groups excluding carboxylic acids is 1. The minimum Gasteiger partial charge on any atom is -0.480 e. The molecule has 1 amide bonds. The molecule has 1 saturated heterocycles. The summed E-state index contributed by atoms with van der Waals surface area (Å²) < 4.78 is 1.48. The Hall–Kier alpha value is -2.77. The summed E-state index contributed by atoms with van der Waals surface area (Å²) >= 11 is 0. The number of carboxylic acid groups (broad SMARTS) is 1.